The van der Waals surface area contributed by atoms with Crippen molar-refractivity contribution < 1.29 is 4.65 Å². The number of rotatable bonds is 0. The lowest BCUT2D eigenvalue weighted by atomic mass is 10.1. The van der Waals surface area contributed by atoms with E-state index in [2.05, 4.69) is 4.99 Å². The van der Waals surface area contributed by atoms with E-state index >= 15 is 0 Å². The van der Waals surface area contributed by atoms with E-state index in [1.165, 1.54) is 0 Å². The number of nitrogens with zero attached hydrogens (tertiary/aromatic N) is 2. The van der Waals surface area contributed by atoms with Crippen molar-refractivity contribution in [3.8, 4) is 0 Å². The second kappa shape index (κ2) is 2.65. The van der Waals surface area contributed by atoms with Gasteiger partial charge in [0, 0.05) is 18.4 Å². The highest BCUT2D eigenvalue weighted by molar-refractivity contribution is 5.82. The Morgan fingerprint density at radius 1 is 1.29 bits per heavy atom. The average molecular weight is 188 g/mol. The zero-order valence-electron chi connectivity index (χ0n) is 7.94. The molecule has 0 N–H and O–H groups in total. The second-order valence-corrected chi connectivity index (χ2v) is 4.03. The van der Waals surface area contributed by atoms with Crippen LogP contribution in [0.25, 0.3) is 0 Å². The summed E-state index contributed by atoms with van der Waals surface area (Å²) in [6.07, 6.45) is 1.86. The number of hydrogen-bond donors (Lipinski definition) is 0. The molecule has 1 unspecified atom stereocenters. The molecule has 0 aromatic heterocycles. The number of benzene rings is 1. The molecular weight excluding hydrogens is 176 g/mol. The molecule has 1 saturated heterocycles. The molecule has 0 spiro atoms. The van der Waals surface area contributed by atoms with Gasteiger partial charge in [-0.05, 0) is 6.07 Å². The van der Waals surface area contributed by atoms with E-state index < -0.39 is 0 Å². The first-order valence-corrected chi connectivity index (χ1v) is 5.02. The van der Waals surface area contributed by atoms with Crippen LogP contribution >= 0.6 is 0 Å². The van der Waals surface area contributed by atoms with Gasteiger partial charge in [-0.2, -0.15) is 0 Å². The van der Waals surface area contributed by atoms with Crippen molar-refractivity contribution in [1.82, 2.24) is 0 Å². The summed E-state index contributed by atoms with van der Waals surface area (Å²) in [7, 11) is 0. The summed E-state index contributed by atoms with van der Waals surface area (Å²) >= 11 is 0. The average Bonchev–Trinajstić information content (AvgIpc) is 2.54. The molecular formula is C11H12N2O. The van der Waals surface area contributed by atoms with Gasteiger partial charge in [0.25, 0.3) is 0 Å². The Morgan fingerprint density at radius 2 is 2.14 bits per heavy atom. The van der Waals surface area contributed by atoms with Crippen molar-refractivity contribution in [1.29, 1.82) is 0 Å². The Morgan fingerprint density at radius 3 is 3.07 bits per heavy atom. The maximum atomic E-state index is 12.3. The van der Waals surface area contributed by atoms with Crippen molar-refractivity contribution in [3.05, 3.63) is 35.0 Å². The van der Waals surface area contributed by atoms with E-state index in [0.717, 1.165) is 29.9 Å². The van der Waals surface area contributed by atoms with Crippen LogP contribution < -0.4 is 0 Å². The lowest BCUT2D eigenvalue weighted by Gasteiger charge is -2.40. The van der Waals surface area contributed by atoms with Crippen LogP contribution in [0.2, 0.25) is 0 Å². The molecule has 0 amide bonds. The van der Waals surface area contributed by atoms with Gasteiger partial charge in [-0.25, -0.2) is 4.99 Å². The van der Waals surface area contributed by atoms with Gasteiger partial charge < -0.3 is 9.85 Å². The summed E-state index contributed by atoms with van der Waals surface area (Å²) in [5.74, 6) is 0.823. The minimum Gasteiger partial charge on any atom is -0.626 e. The van der Waals surface area contributed by atoms with Crippen LogP contribution in [0.15, 0.2) is 29.3 Å². The van der Waals surface area contributed by atoms with E-state index in [1.807, 2.05) is 24.3 Å². The van der Waals surface area contributed by atoms with Crippen LogP contribution in [0.1, 0.15) is 18.4 Å². The van der Waals surface area contributed by atoms with Crippen molar-refractivity contribution in [2.45, 2.75) is 19.4 Å². The molecule has 3 nitrogen and oxygen atoms in total. The van der Waals surface area contributed by atoms with Gasteiger partial charge in [-0.1, -0.05) is 18.2 Å². The SMILES string of the molecule is [O-][N+]12CCCC1=Nc1ccccc1C2. The number of quaternary nitrogens is 1. The Hall–Kier alpha value is -1.19. The summed E-state index contributed by atoms with van der Waals surface area (Å²) < 4.78 is -0.197. The molecule has 1 atom stereocenters. The highest BCUT2D eigenvalue weighted by atomic mass is 16.5. The Balaban J connectivity index is 2.14. The molecule has 3 rings (SSSR count). The van der Waals surface area contributed by atoms with Gasteiger partial charge in [0.05, 0.1) is 12.2 Å². The summed E-state index contributed by atoms with van der Waals surface area (Å²) in [5, 5.41) is 12.3. The maximum Gasteiger partial charge on any atom is 0.203 e. The second-order valence-electron chi connectivity index (χ2n) is 4.03. The Labute approximate surface area is 82.9 Å². The molecule has 2 heterocycles. The smallest absolute Gasteiger partial charge is 0.203 e. The maximum absolute atomic E-state index is 12.3. The van der Waals surface area contributed by atoms with Crippen LogP contribution in [0.3, 0.4) is 0 Å². The summed E-state index contributed by atoms with van der Waals surface area (Å²) in [6.45, 7) is 1.28. The van der Waals surface area contributed by atoms with E-state index in [1.54, 1.807) is 0 Å². The normalized spacial score (nSPS) is 29.4. The molecule has 1 fully saturated rings. The van der Waals surface area contributed by atoms with Crippen LogP contribution in [0, 0.1) is 5.21 Å². The van der Waals surface area contributed by atoms with Crippen LogP contribution in [-0.4, -0.2) is 17.0 Å². The lowest BCUT2D eigenvalue weighted by Crippen LogP contribution is -2.43. The third-order valence-corrected chi connectivity index (χ3v) is 3.06. The fourth-order valence-corrected chi connectivity index (χ4v) is 2.31. The number of aliphatic imine (C=N–C) groups is 1. The number of para-hydroxylation sites is 1. The van der Waals surface area contributed by atoms with Gasteiger partial charge in [0.2, 0.25) is 5.84 Å². The zero-order chi connectivity index (χ0) is 9.60. The van der Waals surface area contributed by atoms with E-state index in [-0.39, 0.29) is 4.65 Å². The minimum absolute atomic E-state index is 0.197. The molecule has 0 saturated carbocycles. The molecule has 0 aliphatic carbocycles. The molecule has 72 valence electrons. The first-order chi connectivity index (χ1) is 6.78. The third-order valence-electron chi connectivity index (χ3n) is 3.06. The standard InChI is InChI=1S/C11H12N2O/c14-13-7-3-6-11(13)12-10-5-2-1-4-9(10)8-13/h1-2,4-5H,3,6-8H2. The van der Waals surface area contributed by atoms with Crippen molar-refractivity contribution in [2.75, 3.05) is 6.54 Å². The van der Waals surface area contributed by atoms with Crippen molar-refractivity contribution in [2.24, 2.45) is 4.99 Å². The van der Waals surface area contributed by atoms with E-state index in [0.29, 0.717) is 13.1 Å². The molecule has 2 aliphatic rings. The van der Waals surface area contributed by atoms with Gasteiger partial charge in [0.1, 0.15) is 6.54 Å². The Bertz CT molecular complexity index is 414. The number of amidine groups is 1. The molecule has 0 radical (unpaired) electrons. The fraction of sp³-hybridized carbons (Fsp3) is 0.364. The number of hydroxylamine groups is 3. The minimum atomic E-state index is -0.197. The topological polar surface area (TPSA) is 35.4 Å². The van der Waals surface area contributed by atoms with E-state index in [9.17, 15) is 5.21 Å². The largest absolute Gasteiger partial charge is 0.626 e. The van der Waals surface area contributed by atoms with Crippen LogP contribution in [0.4, 0.5) is 5.69 Å². The zero-order valence-corrected chi connectivity index (χ0v) is 7.94. The third kappa shape index (κ3) is 1.03. The van der Waals surface area contributed by atoms with Crippen molar-refractivity contribution in [3.63, 3.8) is 0 Å². The molecule has 1 aromatic carbocycles. The van der Waals surface area contributed by atoms with Gasteiger partial charge in [0.15, 0.2) is 0 Å². The van der Waals surface area contributed by atoms with Crippen LogP contribution in [0.5, 0.6) is 0 Å². The predicted molar refractivity (Wildman–Crippen MR) is 55.0 cm³/mol. The monoisotopic (exact) mass is 188 g/mol. The first-order valence-electron chi connectivity index (χ1n) is 5.02. The predicted octanol–water partition coefficient (Wildman–Crippen LogP) is 2.34. The Kier molecular flexibility index (Phi) is 1.54. The molecule has 1 aromatic rings. The fourth-order valence-electron chi connectivity index (χ4n) is 2.31. The number of fused-ring (bicyclic) bond motifs is 2. The highest BCUT2D eigenvalue weighted by Crippen LogP contribution is 2.34. The quantitative estimate of drug-likeness (QED) is 0.454. The van der Waals surface area contributed by atoms with Gasteiger partial charge >= 0.3 is 0 Å². The van der Waals surface area contributed by atoms with Gasteiger partial charge in [-0.3, -0.25) is 0 Å². The first kappa shape index (κ1) is 8.15. The highest BCUT2D eigenvalue weighted by Gasteiger charge is 2.35. The molecule has 3 heteroatoms. The summed E-state index contributed by atoms with van der Waals surface area (Å²) in [5.41, 5.74) is 2.09. The van der Waals surface area contributed by atoms with Crippen molar-refractivity contribution >= 4 is 11.5 Å². The van der Waals surface area contributed by atoms with Crippen LogP contribution in [-0.2, 0) is 6.54 Å². The van der Waals surface area contributed by atoms with Gasteiger partial charge in [-0.15, -0.1) is 0 Å². The number of hydrogen-bond acceptors (Lipinski definition) is 2. The summed E-state index contributed by atoms with van der Waals surface area (Å²) in [6, 6.07) is 7.94. The lowest BCUT2D eigenvalue weighted by molar-refractivity contribution is -0.797. The molecule has 2 aliphatic heterocycles. The molecule has 14 heavy (non-hydrogen) atoms. The van der Waals surface area contributed by atoms with E-state index in [4.69, 9.17) is 0 Å². The molecule has 0 bridgehead atoms. The summed E-state index contributed by atoms with van der Waals surface area (Å²) in [4.78, 5) is 4.46.